The second-order valence-corrected chi connectivity index (χ2v) is 9.04. The van der Waals surface area contributed by atoms with Crippen molar-refractivity contribution in [3.63, 3.8) is 0 Å². The molecule has 0 unspecified atom stereocenters. The predicted molar refractivity (Wildman–Crippen MR) is 138 cm³/mol. The summed E-state index contributed by atoms with van der Waals surface area (Å²) in [5.41, 5.74) is 12.9. The highest BCUT2D eigenvalue weighted by molar-refractivity contribution is 5.95. The number of nitrogens with one attached hydrogen (secondary N) is 1. The van der Waals surface area contributed by atoms with Gasteiger partial charge in [-0.15, -0.1) is 0 Å². The van der Waals surface area contributed by atoms with Gasteiger partial charge in [0.15, 0.2) is 0 Å². The minimum atomic E-state index is -0.263. The maximum absolute atomic E-state index is 11.9. The largest absolute Gasteiger partial charge is 0.368 e. The van der Waals surface area contributed by atoms with Crippen LogP contribution in [0.3, 0.4) is 0 Å². The lowest BCUT2D eigenvalue weighted by Crippen LogP contribution is -2.40. The Labute approximate surface area is 203 Å². The number of benzene rings is 2. The summed E-state index contributed by atoms with van der Waals surface area (Å²) in [5.74, 6) is -0.263. The molecule has 1 fully saturated rings. The number of carbonyl (C=O) groups excluding carboxylic acids is 1. The van der Waals surface area contributed by atoms with Gasteiger partial charge >= 0.3 is 0 Å². The van der Waals surface area contributed by atoms with Gasteiger partial charge in [-0.3, -0.25) is 9.48 Å². The molecule has 0 radical (unpaired) electrons. The summed E-state index contributed by atoms with van der Waals surface area (Å²) in [6.07, 6.45) is 9.61. The molecular weight excluding hydrogens is 436 g/mol. The number of nitrogens with two attached hydrogens (primary N) is 1. The first-order chi connectivity index (χ1) is 17.2. The summed E-state index contributed by atoms with van der Waals surface area (Å²) < 4.78 is 1.95. The Bertz CT molecular complexity index is 1500. The highest BCUT2D eigenvalue weighted by atomic mass is 16.1. The average Bonchev–Trinajstić information content (AvgIpc) is 3.64. The molecule has 2 aromatic carbocycles. The quantitative estimate of drug-likeness (QED) is 0.386. The molecule has 1 atom stereocenters. The van der Waals surface area contributed by atoms with Crippen molar-refractivity contribution in [1.82, 2.24) is 19.7 Å². The number of pyridine rings is 1. The molecule has 1 amide bonds. The monoisotopic (exact) mass is 462 g/mol. The molecule has 5 aromatic rings. The number of primary amides is 1. The lowest BCUT2D eigenvalue weighted by Gasteiger charge is -2.24. The van der Waals surface area contributed by atoms with Crippen molar-refractivity contribution in [2.75, 3.05) is 11.4 Å². The molecule has 1 aliphatic rings. The molecule has 3 N–H and O–H groups in total. The van der Waals surface area contributed by atoms with Crippen molar-refractivity contribution in [2.45, 2.75) is 25.4 Å². The van der Waals surface area contributed by atoms with Crippen molar-refractivity contribution in [2.24, 2.45) is 5.73 Å². The van der Waals surface area contributed by atoms with Crippen molar-refractivity contribution in [3.8, 4) is 22.3 Å². The average molecular weight is 463 g/mol. The standard InChI is InChI=1S/C28H26N6O/c29-27(35)26-10-5-11-34(26)23-9-4-8-20(12-23)21-13-24-25(16-31-28(24)30-14-21)22-15-32-33(18-22)17-19-6-2-1-3-7-19/h1-4,6-9,12-16,18,26H,5,10-11,17H2,(H2,29,35)(H,30,31)/t26-/m0/s1. The van der Waals surface area contributed by atoms with Gasteiger partial charge in [-0.25, -0.2) is 4.98 Å². The number of fused-ring (bicyclic) bond motifs is 1. The number of amides is 1. The van der Waals surface area contributed by atoms with Crippen LogP contribution in [-0.2, 0) is 11.3 Å². The third-order valence-corrected chi connectivity index (χ3v) is 6.76. The van der Waals surface area contributed by atoms with Gasteiger partial charge < -0.3 is 15.6 Å². The number of hydrogen-bond donors (Lipinski definition) is 2. The van der Waals surface area contributed by atoms with Gasteiger partial charge in [-0.2, -0.15) is 5.10 Å². The second kappa shape index (κ2) is 8.76. The van der Waals surface area contributed by atoms with Crippen LogP contribution >= 0.6 is 0 Å². The SMILES string of the molecule is NC(=O)[C@@H]1CCCN1c1cccc(-c2cnc3[nH]cc(-c4cnn(Cc5ccccc5)c4)c3c2)c1. The fourth-order valence-electron chi connectivity index (χ4n) is 5.00. The summed E-state index contributed by atoms with van der Waals surface area (Å²) in [6.45, 7) is 1.56. The van der Waals surface area contributed by atoms with E-state index < -0.39 is 0 Å². The minimum Gasteiger partial charge on any atom is -0.368 e. The zero-order valence-electron chi connectivity index (χ0n) is 19.3. The maximum atomic E-state index is 11.9. The molecule has 0 spiro atoms. The summed E-state index contributed by atoms with van der Waals surface area (Å²) in [6, 6.07) is 20.5. The van der Waals surface area contributed by atoms with Crippen molar-refractivity contribution < 1.29 is 4.79 Å². The van der Waals surface area contributed by atoms with Crippen molar-refractivity contribution in [3.05, 3.63) is 91.0 Å². The van der Waals surface area contributed by atoms with Gasteiger partial charge in [0, 0.05) is 52.9 Å². The zero-order chi connectivity index (χ0) is 23.8. The van der Waals surface area contributed by atoms with E-state index in [0.717, 1.165) is 64.9 Å². The third kappa shape index (κ3) is 4.05. The second-order valence-electron chi connectivity index (χ2n) is 9.04. The molecule has 0 aliphatic carbocycles. The normalized spacial score (nSPS) is 15.7. The maximum Gasteiger partial charge on any atom is 0.240 e. The number of aromatic nitrogens is 4. The van der Waals surface area contributed by atoms with Gasteiger partial charge in [-0.1, -0.05) is 42.5 Å². The van der Waals surface area contributed by atoms with Crippen LogP contribution in [-0.4, -0.2) is 38.2 Å². The highest BCUT2D eigenvalue weighted by Gasteiger charge is 2.29. The Morgan fingerprint density at radius 3 is 2.77 bits per heavy atom. The van der Waals surface area contributed by atoms with E-state index >= 15 is 0 Å². The van der Waals surface area contributed by atoms with Crippen LogP contribution in [0, 0.1) is 0 Å². The zero-order valence-corrected chi connectivity index (χ0v) is 19.3. The summed E-state index contributed by atoms with van der Waals surface area (Å²) in [5, 5.41) is 5.62. The Morgan fingerprint density at radius 2 is 1.91 bits per heavy atom. The van der Waals surface area contributed by atoms with E-state index in [9.17, 15) is 4.79 Å². The molecule has 0 bridgehead atoms. The molecule has 1 aliphatic heterocycles. The third-order valence-electron chi connectivity index (χ3n) is 6.76. The molecule has 7 heteroatoms. The van der Waals surface area contributed by atoms with Gasteiger partial charge in [0.05, 0.1) is 12.7 Å². The Morgan fingerprint density at radius 1 is 1.03 bits per heavy atom. The van der Waals surface area contributed by atoms with E-state index in [1.807, 2.05) is 53.6 Å². The first-order valence-electron chi connectivity index (χ1n) is 11.9. The first-order valence-corrected chi connectivity index (χ1v) is 11.9. The van der Waals surface area contributed by atoms with Crippen LogP contribution in [0.1, 0.15) is 18.4 Å². The van der Waals surface area contributed by atoms with Gasteiger partial charge in [0.2, 0.25) is 5.91 Å². The molecule has 1 saturated heterocycles. The van der Waals surface area contributed by atoms with Gasteiger partial charge in [0.1, 0.15) is 11.7 Å². The molecule has 4 heterocycles. The van der Waals surface area contributed by atoms with Gasteiger partial charge in [-0.05, 0) is 42.2 Å². The van der Waals surface area contributed by atoms with Crippen LogP contribution in [0.15, 0.2) is 85.5 Å². The van der Waals surface area contributed by atoms with E-state index in [-0.39, 0.29) is 11.9 Å². The Balaban J connectivity index is 1.32. The molecule has 3 aromatic heterocycles. The van der Waals surface area contributed by atoms with Crippen LogP contribution in [0.4, 0.5) is 5.69 Å². The summed E-state index contributed by atoms with van der Waals surface area (Å²) >= 11 is 0. The van der Waals surface area contributed by atoms with Crippen LogP contribution in [0.2, 0.25) is 0 Å². The van der Waals surface area contributed by atoms with E-state index in [4.69, 9.17) is 5.73 Å². The molecular formula is C28H26N6O. The number of nitrogens with zero attached hydrogens (tertiary/aromatic N) is 4. The van der Waals surface area contributed by atoms with Crippen molar-refractivity contribution in [1.29, 1.82) is 0 Å². The Hall–Kier alpha value is -4.39. The van der Waals surface area contributed by atoms with Crippen molar-refractivity contribution >= 4 is 22.6 Å². The first kappa shape index (κ1) is 21.2. The molecule has 7 nitrogen and oxygen atoms in total. The lowest BCUT2D eigenvalue weighted by molar-refractivity contribution is -0.119. The molecule has 35 heavy (non-hydrogen) atoms. The number of aromatic amines is 1. The van der Waals surface area contributed by atoms with E-state index in [0.29, 0.717) is 0 Å². The smallest absolute Gasteiger partial charge is 0.240 e. The lowest BCUT2D eigenvalue weighted by atomic mass is 10.0. The molecule has 174 valence electrons. The van der Waals surface area contributed by atoms with E-state index in [2.05, 4.69) is 56.5 Å². The predicted octanol–water partition coefficient (Wildman–Crippen LogP) is 4.60. The topological polar surface area (TPSA) is 92.8 Å². The van der Waals surface area contributed by atoms with Gasteiger partial charge in [0.25, 0.3) is 0 Å². The summed E-state index contributed by atoms with van der Waals surface area (Å²) in [4.78, 5) is 22.0. The summed E-state index contributed by atoms with van der Waals surface area (Å²) in [7, 11) is 0. The molecule has 6 rings (SSSR count). The van der Waals surface area contributed by atoms with E-state index in [1.165, 1.54) is 5.56 Å². The fraction of sp³-hybridized carbons (Fsp3) is 0.179. The fourth-order valence-corrected chi connectivity index (χ4v) is 5.00. The van der Waals surface area contributed by atoms with Crippen LogP contribution < -0.4 is 10.6 Å². The van der Waals surface area contributed by atoms with Crippen LogP contribution in [0.25, 0.3) is 33.3 Å². The number of anilines is 1. The number of hydrogen-bond acceptors (Lipinski definition) is 4. The highest BCUT2D eigenvalue weighted by Crippen LogP contribution is 2.33. The minimum absolute atomic E-state index is 0.241. The van der Waals surface area contributed by atoms with Crippen LogP contribution in [0.5, 0.6) is 0 Å². The number of carbonyl (C=O) groups is 1. The van der Waals surface area contributed by atoms with E-state index in [1.54, 1.807) is 0 Å². The Kier molecular flexibility index (Phi) is 5.29. The number of H-pyrrole nitrogens is 1. The number of rotatable bonds is 6. The molecule has 0 saturated carbocycles.